The molecule has 5 nitrogen and oxygen atoms in total. The molecule has 0 amide bonds. The number of nitrogens with one attached hydrogen (secondary N) is 1. The fourth-order valence-corrected chi connectivity index (χ4v) is 3.21. The van der Waals surface area contributed by atoms with Gasteiger partial charge in [0.15, 0.2) is 0 Å². The normalized spacial score (nSPS) is 24.2. The summed E-state index contributed by atoms with van der Waals surface area (Å²) >= 11 is 0. The van der Waals surface area contributed by atoms with E-state index in [1.54, 1.807) is 12.1 Å². The summed E-state index contributed by atoms with van der Waals surface area (Å²) in [5, 5.41) is 12.4. The average molecular weight is 319 g/mol. The van der Waals surface area contributed by atoms with Gasteiger partial charge < -0.3 is 15.2 Å². The average Bonchev–Trinajstić information content (AvgIpc) is 2.53. The molecule has 1 aromatic rings. The molecule has 0 saturated heterocycles. The van der Waals surface area contributed by atoms with Crippen LogP contribution in [0.4, 0.5) is 0 Å². The van der Waals surface area contributed by atoms with Crippen molar-refractivity contribution >= 4 is 11.9 Å². The van der Waals surface area contributed by atoms with Gasteiger partial charge in [-0.25, -0.2) is 4.79 Å². The van der Waals surface area contributed by atoms with Gasteiger partial charge in [-0.2, -0.15) is 0 Å². The number of aromatic carboxylic acids is 1. The van der Waals surface area contributed by atoms with Crippen molar-refractivity contribution in [2.75, 3.05) is 6.61 Å². The summed E-state index contributed by atoms with van der Waals surface area (Å²) in [5.74, 6) is -0.643. The van der Waals surface area contributed by atoms with Gasteiger partial charge in [0.05, 0.1) is 18.1 Å². The van der Waals surface area contributed by atoms with Crippen molar-refractivity contribution in [1.82, 2.24) is 5.32 Å². The Labute approximate surface area is 137 Å². The predicted molar refractivity (Wildman–Crippen MR) is 87.2 cm³/mol. The minimum absolute atomic E-state index is 0.0165. The molecule has 3 atom stereocenters. The Kier molecular flexibility index (Phi) is 6.16. The van der Waals surface area contributed by atoms with E-state index < -0.39 is 5.97 Å². The second kappa shape index (κ2) is 8.11. The topological polar surface area (TPSA) is 75.6 Å². The van der Waals surface area contributed by atoms with Gasteiger partial charge in [0, 0.05) is 12.6 Å². The zero-order valence-corrected chi connectivity index (χ0v) is 13.7. The zero-order valence-electron chi connectivity index (χ0n) is 13.7. The van der Waals surface area contributed by atoms with Gasteiger partial charge in [-0.1, -0.05) is 19.1 Å². The van der Waals surface area contributed by atoms with E-state index in [0.717, 1.165) is 24.8 Å². The molecule has 1 aromatic carbocycles. The first-order valence-corrected chi connectivity index (χ1v) is 8.23. The number of carboxylic acids is 1. The summed E-state index contributed by atoms with van der Waals surface area (Å²) in [6, 6.07) is 7.31. The molecule has 126 valence electrons. The van der Waals surface area contributed by atoms with Gasteiger partial charge >= 0.3 is 11.9 Å². The molecular weight excluding hydrogens is 294 g/mol. The van der Waals surface area contributed by atoms with Crippen LogP contribution >= 0.6 is 0 Å². The summed E-state index contributed by atoms with van der Waals surface area (Å²) in [5.41, 5.74) is 1.37. The van der Waals surface area contributed by atoms with Crippen LogP contribution in [-0.2, 0) is 16.1 Å². The first kappa shape index (κ1) is 17.5. The molecule has 0 radical (unpaired) electrons. The van der Waals surface area contributed by atoms with Gasteiger partial charge in [0.1, 0.15) is 0 Å². The molecule has 5 heteroatoms. The molecule has 1 aliphatic carbocycles. The first-order valence-electron chi connectivity index (χ1n) is 8.23. The third-order valence-corrected chi connectivity index (χ3v) is 4.55. The number of hydrogen-bond donors (Lipinski definition) is 2. The Morgan fingerprint density at radius 2 is 1.96 bits per heavy atom. The molecule has 1 saturated carbocycles. The summed E-state index contributed by atoms with van der Waals surface area (Å²) in [4.78, 5) is 22.7. The van der Waals surface area contributed by atoms with E-state index in [1.807, 2.05) is 19.1 Å². The van der Waals surface area contributed by atoms with Gasteiger partial charge in [-0.05, 0) is 49.8 Å². The summed E-state index contributed by atoms with van der Waals surface area (Å²) in [7, 11) is 0. The highest BCUT2D eigenvalue weighted by molar-refractivity contribution is 5.87. The van der Waals surface area contributed by atoms with Crippen LogP contribution in [0, 0.1) is 11.8 Å². The molecule has 0 spiro atoms. The van der Waals surface area contributed by atoms with Crippen LogP contribution in [0.15, 0.2) is 24.3 Å². The van der Waals surface area contributed by atoms with Crippen molar-refractivity contribution in [3.05, 3.63) is 35.4 Å². The van der Waals surface area contributed by atoms with Gasteiger partial charge in [-0.3, -0.25) is 4.79 Å². The van der Waals surface area contributed by atoms with E-state index in [2.05, 4.69) is 12.2 Å². The number of carbonyl (C=O) groups is 2. The number of carboxylic acid groups (broad SMARTS) is 1. The van der Waals surface area contributed by atoms with Gasteiger partial charge in [0.2, 0.25) is 0 Å². The standard InChI is InChI=1S/C18H25NO4/c1-3-23-18(22)16-9-8-15(10-12(16)2)19-11-13-4-6-14(7-5-13)17(20)21/h4-7,12,15-16,19H,3,8-11H2,1-2H3,(H,20,21). The molecule has 0 heterocycles. The lowest BCUT2D eigenvalue weighted by molar-refractivity contribution is -0.151. The van der Waals surface area contributed by atoms with Crippen LogP contribution in [-0.4, -0.2) is 29.7 Å². The highest BCUT2D eigenvalue weighted by Gasteiger charge is 2.32. The Bertz CT molecular complexity index is 540. The molecule has 1 aliphatic rings. The third kappa shape index (κ3) is 4.79. The predicted octanol–water partition coefficient (Wildman–Crippen LogP) is 2.84. The number of hydrogen-bond acceptors (Lipinski definition) is 4. The van der Waals surface area contributed by atoms with Crippen molar-refractivity contribution < 1.29 is 19.4 Å². The van der Waals surface area contributed by atoms with Crippen molar-refractivity contribution in [2.45, 2.75) is 45.7 Å². The maximum atomic E-state index is 11.9. The lowest BCUT2D eigenvalue weighted by atomic mass is 9.78. The van der Waals surface area contributed by atoms with E-state index in [9.17, 15) is 9.59 Å². The van der Waals surface area contributed by atoms with E-state index in [4.69, 9.17) is 9.84 Å². The van der Waals surface area contributed by atoms with Crippen LogP contribution in [0.1, 0.15) is 49.0 Å². The van der Waals surface area contributed by atoms with Crippen LogP contribution in [0.2, 0.25) is 0 Å². The second-order valence-corrected chi connectivity index (χ2v) is 6.23. The molecule has 2 N–H and O–H groups in total. The van der Waals surface area contributed by atoms with Crippen LogP contribution in [0.25, 0.3) is 0 Å². The number of rotatable bonds is 6. The maximum absolute atomic E-state index is 11.9. The van der Waals surface area contributed by atoms with Crippen LogP contribution in [0.5, 0.6) is 0 Å². The number of ether oxygens (including phenoxy) is 1. The Balaban J connectivity index is 1.81. The molecule has 0 aromatic heterocycles. The van der Waals surface area contributed by atoms with E-state index in [-0.39, 0.29) is 11.9 Å². The minimum Gasteiger partial charge on any atom is -0.478 e. The fourth-order valence-electron chi connectivity index (χ4n) is 3.21. The quantitative estimate of drug-likeness (QED) is 0.789. The number of carbonyl (C=O) groups excluding carboxylic acids is 1. The van der Waals surface area contributed by atoms with Gasteiger partial charge in [-0.15, -0.1) is 0 Å². The lowest BCUT2D eigenvalue weighted by Crippen LogP contribution is -2.39. The summed E-state index contributed by atoms with van der Waals surface area (Å²) in [6.07, 6.45) is 2.77. The third-order valence-electron chi connectivity index (χ3n) is 4.55. The summed E-state index contributed by atoms with van der Waals surface area (Å²) < 4.78 is 5.14. The Morgan fingerprint density at radius 3 is 2.52 bits per heavy atom. The van der Waals surface area contributed by atoms with Crippen molar-refractivity contribution in [3.63, 3.8) is 0 Å². The molecule has 23 heavy (non-hydrogen) atoms. The molecule has 0 bridgehead atoms. The largest absolute Gasteiger partial charge is 0.478 e. The first-order chi connectivity index (χ1) is 11.0. The molecular formula is C18H25NO4. The maximum Gasteiger partial charge on any atom is 0.335 e. The highest BCUT2D eigenvalue weighted by atomic mass is 16.5. The molecule has 3 unspecified atom stereocenters. The summed E-state index contributed by atoms with van der Waals surface area (Å²) in [6.45, 7) is 5.10. The molecule has 2 rings (SSSR count). The van der Waals surface area contributed by atoms with Gasteiger partial charge in [0.25, 0.3) is 0 Å². The van der Waals surface area contributed by atoms with E-state index >= 15 is 0 Å². The monoisotopic (exact) mass is 319 g/mol. The van der Waals surface area contributed by atoms with E-state index in [1.165, 1.54) is 0 Å². The minimum atomic E-state index is -0.907. The SMILES string of the molecule is CCOC(=O)C1CCC(NCc2ccc(C(=O)O)cc2)CC1C. The highest BCUT2D eigenvalue weighted by Crippen LogP contribution is 2.31. The second-order valence-electron chi connectivity index (χ2n) is 6.23. The van der Waals surface area contributed by atoms with Crippen molar-refractivity contribution in [1.29, 1.82) is 0 Å². The molecule has 0 aliphatic heterocycles. The van der Waals surface area contributed by atoms with Crippen LogP contribution < -0.4 is 5.32 Å². The number of esters is 1. The molecule has 1 fully saturated rings. The number of benzene rings is 1. The lowest BCUT2D eigenvalue weighted by Gasteiger charge is -2.33. The van der Waals surface area contributed by atoms with E-state index in [0.29, 0.717) is 30.7 Å². The zero-order chi connectivity index (χ0) is 16.8. The van der Waals surface area contributed by atoms with Crippen molar-refractivity contribution in [2.24, 2.45) is 11.8 Å². The fraction of sp³-hybridized carbons (Fsp3) is 0.556. The van der Waals surface area contributed by atoms with Crippen molar-refractivity contribution in [3.8, 4) is 0 Å². The van der Waals surface area contributed by atoms with Crippen LogP contribution in [0.3, 0.4) is 0 Å². The Morgan fingerprint density at radius 1 is 1.26 bits per heavy atom. The smallest absolute Gasteiger partial charge is 0.335 e. The Hall–Kier alpha value is -1.88.